The van der Waals surface area contributed by atoms with Crippen LogP contribution in [0.25, 0.3) is 11.1 Å². The van der Waals surface area contributed by atoms with Gasteiger partial charge in [0.15, 0.2) is 0 Å². The van der Waals surface area contributed by atoms with Crippen LogP contribution in [0.4, 0.5) is 0 Å². The normalized spacial score (nSPS) is 10.3. The maximum Gasteiger partial charge on any atom is 0.150 e. The van der Waals surface area contributed by atoms with Crippen LogP contribution in [0.1, 0.15) is 21.5 Å². The molecule has 0 N–H and O–H groups in total. The van der Waals surface area contributed by atoms with Gasteiger partial charge in [-0.05, 0) is 53.4 Å². The van der Waals surface area contributed by atoms with Gasteiger partial charge in [-0.1, -0.05) is 48.5 Å². The highest BCUT2D eigenvalue weighted by Gasteiger charge is 2.03. The summed E-state index contributed by atoms with van der Waals surface area (Å²) >= 11 is 0. The van der Waals surface area contributed by atoms with E-state index in [0.717, 1.165) is 34.3 Å². The average Bonchev–Trinajstić information content (AvgIpc) is 2.60. The minimum atomic E-state index is 0.539. The maximum absolute atomic E-state index is 11.0. The standard InChI is InChI=1S/C21H18O2/c1-16-10-18(14-22)12-20(11-16)19-8-5-9-21(13-19)23-15-17-6-3-2-4-7-17/h2-14H,15H2,1H3. The first-order valence-corrected chi connectivity index (χ1v) is 7.58. The van der Waals surface area contributed by atoms with E-state index in [9.17, 15) is 4.79 Å². The van der Waals surface area contributed by atoms with Crippen LogP contribution < -0.4 is 4.74 Å². The number of hydrogen-bond acceptors (Lipinski definition) is 2. The largest absolute Gasteiger partial charge is 0.489 e. The summed E-state index contributed by atoms with van der Waals surface area (Å²) in [6, 6.07) is 23.9. The minimum absolute atomic E-state index is 0.539. The molecule has 3 aromatic rings. The molecule has 0 fully saturated rings. The van der Waals surface area contributed by atoms with Crippen molar-refractivity contribution >= 4 is 6.29 Å². The van der Waals surface area contributed by atoms with Crippen molar-refractivity contribution in [3.63, 3.8) is 0 Å². The average molecular weight is 302 g/mol. The lowest BCUT2D eigenvalue weighted by Crippen LogP contribution is -1.95. The SMILES string of the molecule is Cc1cc(C=O)cc(-c2cccc(OCc3ccccc3)c2)c1. The first-order chi connectivity index (χ1) is 11.2. The lowest BCUT2D eigenvalue weighted by atomic mass is 10.0. The predicted molar refractivity (Wildman–Crippen MR) is 92.8 cm³/mol. The molecule has 0 spiro atoms. The van der Waals surface area contributed by atoms with E-state index in [2.05, 4.69) is 6.07 Å². The van der Waals surface area contributed by atoms with Crippen LogP contribution in [0, 0.1) is 6.92 Å². The van der Waals surface area contributed by atoms with Gasteiger partial charge in [0, 0.05) is 5.56 Å². The molecule has 3 rings (SSSR count). The van der Waals surface area contributed by atoms with E-state index in [1.54, 1.807) is 0 Å². The Kier molecular flexibility index (Phi) is 4.53. The Bertz CT molecular complexity index is 807. The second kappa shape index (κ2) is 6.93. The number of carbonyl (C=O) groups excluding carboxylic acids is 1. The van der Waals surface area contributed by atoms with Crippen LogP contribution in [0.5, 0.6) is 5.75 Å². The molecule has 0 saturated heterocycles. The Labute approximate surface area is 136 Å². The fraction of sp³-hybridized carbons (Fsp3) is 0.0952. The molecule has 0 aromatic heterocycles. The molecule has 2 heteroatoms. The molecule has 2 nitrogen and oxygen atoms in total. The molecule has 0 unspecified atom stereocenters. The molecule has 0 heterocycles. The zero-order valence-electron chi connectivity index (χ0n) is 13.0. The number of hydrogen-bond donors (Lipinski definition) is 0. The zero-order valence-corrected chi connectivity index (χ0v) is 13.0. The van der Waals surface area contributed by atoms with E-state index >= 15 is 0 Å². The third-order valence-electron chi connectivity index (χ3n) is 3.65. The minimum Gasteiger partial charge on any atom is -0.489 e. The molecule has 0 aliphatic rings. The predicted octanol–water partition coefficient (Wildman–Crippen LogP) is 5.05. The Morgan fingerprint density at radius 3 is 2.48 bits per heavy atom. The smallest absolute Gasteiger partial charge is 0.150 e. The molecular weight excluding hydrogens is 284 g/mol. The van der Waals surface area contributed by atoms with Crippen LogP contribution in [0.3, 0.4) is 0 Å². The summed E-state index contributed by atoms with van der Waals surface area (Å²) < 4.78 is 5.87. The van der Waals surface area contributed by atoms with Crippen molar-refractivity contribution < 1.29 is 9.53 Å². The maximum atomic E-state index is 11.0. The second-order valence-corrected chi connectivity index (χ2v) is 5.55. The van der Waals surface area contributed by atoms with Crippen molar-refractivity contribution in [2.45, 2.75) is 13.5 Å². The van der Waals surface area contributed by atoms with Gasteiger partial charge in [-0.15, -0.1) is 0 Å². The third-order valence-corrected chi connectivity index (χ3v) is 3.65. The fourth-order valence-corrected chi connectivity index (χ4v) is 2.55. The van der Waals surface area contributed by atoms with Crippen LogP contribution in [0.2, 0.25) is 0 Å². The molecule has 0 radical (unpaired) electrons. The third kappa shape index (κ3) is 3.86. The monoisotopic (exact) mass is 302 g/mol. The van der Waals surface area contributed by atoms with E-state index in [-0.39, 0.29) is 0 Å². The van der Waals surface area contributed by atoms with Gasteiger partial charge in [-0.2, -0.15) is 0 Å². The molecule has 0 amide bonds. The fourth-order valence-electron chi connectivity index (χ4n) is 2.55. The van der Waals surface area contributed by atoms with Crippen molar-refractivity contribution in [3.05, 3.63) is 89.5 Å². The highest BCUT2D eigenvalue weighted by Crippen LogP contribution is 2.26. The number of carbonyl (C=O) groups is 1. The van der Waals surface area contributed by atoms with E-state index in [1.165, 1.54) is 0 Å². The summed E-state index contributed by atoms with van der Waals surface area (Å²) in [5, 5.41) is 0. The lowest BCUT2D eigenvalue weighted by Gasteiger charge is -2.09. The Morgan fingerprint density at radius 1 is 0.870 bits per heavy atom. The van der Waals surface area contributed by atoms with Crippen LogP contribution >= 0.6 is 0 Å². The van der Waals surface area contributed by atoms with Crippen LogP contribution in [-0.4, -0.2) is 6.29 Å². The van der Waals surface area contributed by atoms with Gasteiger partial charge in [0.1, 0.15) is 18.6 Å². The van der Waals surface area contributed by atoms with Crippen molar-refractivity contribution in [3.8, 4) is 16.9 Å². The summed E-state index contributed by atoms with van der Waals surface area (Å²) in [5.74, 6) is 0.820. The number of benzene rings is 3. The van der Waals surface area contributed by atoms with Gasteiger partial charge >= 0.3 is 0 Å². The van der Waals surface area contributed by atoms with E-state index in [1.807, 2.05) is 73.7 Å². The summed E-state index contributed by atoms with van der Waals surface area (Å²) in [6.07, 6.45) is 0.881. The summed E-state index contributed by atoms with van der Waals surface area (Å²) in [4.78, 5) is 11.0. The molecule has 0 bridgehead atoms. The van der Waals surface area contributed by atoms with Crippen LogP contribution in [-0.2, 0) is 6.61 Å². The summed E-state index contributed by atoms with van der Waals surface area (Å²) in [5.41, 5.74) is 4.96. The highest BCUT2D eigenvalue weighted by atomic mass is 16.5. The van der Waals surface area contributed by atoms with Gasteiger partial charge in [0.05, 0.1) is 0 Å². The first kappa shape index (κ1) is 15.0. The van der Waals surface area contributed by atoms with Gasteiger partial charge in [-0.25, -0.2) is 0 Å². The van der Waals surface area contributed by atoms with Crippen molar-refractivity contribution in [1.29, 1.82) is 0 Å². The molecule has 0 aliphatic carbocycles. The van der Waals surface area contributed by atoms with Crippen molar-refractivity contribution in [2.24, 2.45) is 0 Å². The first-order valence-electron chi connectivity index (χ1n) is 7.58. The van der Waals surface area contributed by atoms with E-state index in [4.69, 9.17) is 4.74 Å². The molecule has 23 heavy (non-hydrogen) atoms. The Morgan fingerprint density at radius 2 is 1.70 bits per heavy atom. The number of aryl methyl sites for hydroxylation is 1. The second-order valence-electron chi connectivity index (χ2n) is 5.55. The summed E-state index contributed by atoms with van der Waals surface area (Å²) in [6.45, 7) is 2.53. The van der Waals surface area contributed by atoms with E-state index < -0.39 is 0 Å². The summed E-state index contributed by atoms with van der Waals surface area (Å²) in [7, 11) is 0. The molecule has 0 aliphatic heterocycles. The lowest BCUT2D eigenvalue weighted by molar-refractivity contribution is 0.112. The quantitative estimate of drug-likeness (QED) is 0.616. The highest BCUT2D eigenvalue weighted by molar-refractivity contribution is 5.79. The molecule has 114 valence electrons. The van der Waals surface area contributed by atoms with Gasteiger partial charge in [0.2, 0.25) is 0 Å². The van der Waals surface area contributed by atoms with Crippen molar-refractivity contribution in [1.82, 2.24) is 0 Å². The zero-order chi connectivity index (χ0) is 16.1. The van der Waals surface area contributed by atoms with Gasteiger partial charge < -0.3 is 4.74 Å². The van der Waals surface area contributed by atoms with Gasteiger partial charge in [-0.3, -0.25) is 4.79 Å². The number of ether oxygens (including phenoxy) is 1. The van der Waals surface area contributed by atoms with Crippen LogP contribution in [0.15, 0.2) is 72.8 Å². The Balaban J connectivity index is 1.82. The van der Waals surface area contributed by atoms with Crippen molar-refractivity contribution in [2.75, 3.05) is 0 Å². The molecule has 3 aromatic carbocycles. The van der Waals surface area contributed by atoms with E-state index in [0.29, 0.717) is 12.2 Å². The molecule has 0 saturated carbocycles. The molecular formula is C21H18O2. The van der Waals surface area contributed by atoms with Gasteiger partial charge in [0.25, 0.3) is 0 Å². The number of rotatable bonds is 5. The molecule has 0 atom stereocenters. The topological polar surface area (TPSA) is 26.3 Å². The Hall–Kier alpha value is -2.87. The number of aldehydes is 1.